The Labute approximate surface area is 90.0 Å². The van der Waals surface area contributed by atoms with Gasteiger partial charge in [-0.15, -0.1) is 6.42 Å². The molecule has 4 heteroatoms. The van der Waals surface area contributed by atoms with Crippen molar-refractivity contribution in [2.24, 2.45) is 0 Å². The highest BCUT2D eigenvalue weighted by atomic mass is 16.3. The predicted molar refractivity (Wildman–Crippen MR) is 59.3 cm³/mol. The second kappa shape index (κ2) is 5.99. The molecule has 0 saturated carbocycles. The Hall–Kier alpha value is -1.60. The van der Waals surface area contributed by atoms with Crippen LogP contribution in [0.1, 0.15) is 19.0 Å². The summed E-state index contributed by atoms with van der Waals surface area (Å²) in [5.41, 5.74) is 0.566. The largest absolute Gasteiger partial charge is 0.390 e. The number of rotatable bonds is 5. The van der Waals surface area contributed by atoms with Crippen molar-refractivity contribution >= 4 is 5.82 Å². The molecule has 1 aromatic rings. The van der Waals surface area contributed by atoms with E-state index in [1.54, 1.807) is 12.4 Å². The van der Waals surface area contributed by atoms with Crippen LogP contribution in [0.4, 0.5) is 5.82 Å². The minimum Gasteiger partial charge on any atom is -0.390 e. The molecular weight excluding hydrogens is 190 g/mol. The van der Waals surface area contributed by atoms with Crippen molar-refractivity contribution in [1.29, 1.82) is 0 Å². The van der Waals surface area contributed by atoms with Gasteiger partial charge in [-0.3, -0.25) is 4.98 Å². The molecule has 0 fully saturated rings. The van der Waals surface area contributed by atoms with E-state index in [1.165, 1.54) is 0 Å². The fourth-order valence-corrected chi connectivity index (χ4v) is 1.25. The average molecular weight is 205 g/mol. The van der Waals surface area contributed by atoms with Crippen LogP contribution in [0, 0.1) is 12.3 Å². The second-order valence-electron chi connectivity index (χ2n) is 3.15. The van der Waals surface area contributed by atoms with Gasteiger partial charge in [-0.1, -0.05) is 12.8 Å². The summed E-state index contributed by atoms with van der Waals surface area (Å²) in [6.45, 7) is 3.38. The lowest BCUT2D eigenvalue weighted by molar-refractivity contribution is 0.276. The van der Waals surface area contributed by atoms with Crippen LogP contribution in [-0.4, -0.2) is 28.2 Å². The first-order chi connectivity index (χ1) is 7.31. The first kappa shape index (κ1) is 11.5. The van der Waals surface area contributed by atoms with Crippen molar-refractivity contribution in [1.82, 2.24) is 9.97 Å². The van der Waals surface area contributed by atoms with E-state index < -0.39 is 0 Å². The standard InChI is InChI=1S/C11H15N3O/c1-3-5-14(6-4-2)11-8-12-10(9-15)7-13-11/h1,7-8,15H,4-6,9H2,2H3. The highest BCUT2D eigenvalue weighted by Gasteiger charge is 2.05. The van der Waals surface area contributed by atoms with Crippen LogP contribution in [0.2, 0.25) is 0 Å². The maximum absolute atomic E-state index is 8.83. The van der Waals surface area contributed by atoms with Crippen LogP contribution in [-0.2, 0) is 6.61 Å². The molecule has 1 N–H and O–H groups in total. The third-order valence-electron chi connectivity index (χ3n) is 1.95. The van der Waals surface area contributed by atoms with E-state index in [0.29, 0.717) is 12.2 Å². The molecule has 0 atom stereocenters. The third-order valence-corrected chi connectivity index (χ3v) is 1.95. The van der Waals surface area contributed by atoms with E-state index in [2.05, 4.69) is 22.8 Å². The van der Waals surface area contributed by atoms with Crippen LogP contribution in [0.15, 0.2) is 12.4 Å². The van der Waals surface area contributed by atoms with E-state index in [4.69, 9.17) is 11.5 Å². The molecule has 0 unspecified atom stereocenters. The van der Waals surface area contributed by atoms with Crippen molar-refractivity contribution in [3.63, 3.8) is 0 Å². The van der Waals surface area contributed by atoms with Gasteiger partial charge in [-0.05, 0) is 6.42 Å². The summed E-state index contributed by atoms with van der Waals surface area (Å²) in [6, 6.07) is 0. The van der Waals surface area contributed by atoms with E-state index in [-0.39, 0.29) is 6.61 Å². The van der Waals surface area contributed by atoms with Crippen molar-refractivity contribution in [3.8, 4) is 12.3 Å². The van der Waals surface area contributed by atoms with Gasteiger partial charge < -0.3 is 10.0 Å². The normalized spacial score (nSPS) is 9.67. The number of terminal acetylenes is 1. The van der Waals surface area contributed by atoms with Crippen LogP contribution >= 0.6 is 0 Å². The fraction of sp³-hybridized carbons (Fsp3) is 0.455. The molecule has 0 radical (unpaired) electrons. The van der Waals surface area contributed by atoms with Crippen LogP contribution < -0.4 is 4.90 Å². The zero-order valence-corrected chi connectivity index (χ0v) is 8.85. The first-order valence-electron chi connectivity index (χ1n) is 4.92. The number of aliphatic hydroxyl groups excluding tert-OH is 1. The van der Waals surface area contributed by atoms with Gasteiger partial charge in [0, 0.05) is 6.54 Å². The van der Waals surface area contributed by atoms with Gasteiger partial charge in [-0.25, -0.2) is 4.98 Å². The molecule has 4 nitrogen and oxygen atoms in total. The molecular formula is C11H15N3O. The summed E-state index contributed by atoms with van der Waals surface area (Å²) in [5.74, 6) is 3.34. The van der Waals surface area contributed by atoms with Gasteiger partial charge in [0.15, 0.2) is 0 Å². The van der Waals surface area contributed by atoms with Crippen LogP contribution in [0.5, 0.6) is 0 Å². The van der Waals surface area contributed by atoms with Crippen molar-refractivity contribution in [3.05, 3.63) is 18.1 Å². The van der Waals surface area contributed by atoms with E-state index in [0.717, 1.165) is 18.8 Å². The highest BCUT2D eigenvalue weighted by Crippen LogP contribution is 2.08. The Morgan fingerprint density at radius 1 is 1.47 bits per heavy atom. The number of hydrogen-bond acceptors (Lipinski definition) is 4. The smallest absolute Gasteiger partial charge is 0.147 e. The third kappa shape index (κ3) is 3.22. The number of aromatic nitrogens is 2. The Bertz CT molecular complexity index is 329. The van der Waals surface area contributed by atoms with Gasteiger partial charge in [-0.2, -0.15) is 0 Å². The zero-order chi connectivity index (χ0) is 11.1. The molecule has 1 heterocycles. The van der Waals surface area contributed by atoms with E-state index in [9.17, 15) is 0 Å². The number of anilines is 1. The molecule has 1 rings (SSSR count). The van der Waals surface area contributed by atoms with E-state index in [1.807, 2.05) is 4.90 Å². The Morgan fingerprint density at radius 3 is 2.73 bits per heavy atom. The summed E-state index contributed by atoms with van der Waals surface area (Å²) in [5, 5.41) is 8.83. The van der Waals surface area contributed by atoms with Crippen molar-refractivity contribution in [2.75, 3.05) is 18.0 Å². The van der Waals surface area contributed by atoms with Crippen molar-refractivity contribution in [2.45, 2.75) is 20.0 Å². The molecule has 0 aliphatic carbocycles. The minimum absolute atomic E-state index is 0.0871. The van der Waals surface area contributed by atoms with Gasteiger partial charge in [0.1, 0.15) is 5.82 Å². The van der Waals surface area contributed by atoms with Gasteiger partial charge in [0.05, 0.1) is 31.2 Å². The molecule has 0 bridgehead atoms. The molecule has 80 valence electrons. The summed E-state index contributed by atoms with van der Waals surface area (Å²) < 4.78 is 0. The molecule has 0 spiro atoms. The van der Waals surface area contributed by atoms with Gasteiger partial charge in [0.25, 0.3) is 0 Å². The summed E-state index contributed by atoms with van der Waals surface area (Å²) in [4.78, 5) is 10.2. The molecule has 0 aromatic carbocycles. The number of nitrogens with zero attached hydrogens (tertiary/aromatic N) is 3. The SMILES string of the molecule is C#CCN(CCC)c1cnc(CO)cn1. The van der Waals surface area contributed by atoms with Gasteiger partial charge in [0.2, 0.25) is 0 Å². The molecule has 15 heavy (non-hydrogen) atoms. The lowest BCUT2D eigenvalue weighted by atomic mass is 10.4. The molecule has 0 aliphatic rings. The molecule has 0 saturated heterocycles. The quantitative estimate of drug-likeness (QED) is 0.723. The fourth-order valence-electron chi connectivity index (χ4n) is 1.25. The predicted octanol–water partition coefficient (Wildman–Crippen LogP) is 0.819. The van der Waals surface area contributed by atoms with Crippen LogP contribution in [0.25, 0.3) is 0 Å². The minimum atomic E-state index is -0.0871. The summed E-state index contributed by atoms with van der Waals surface area (Å²) >= 11 is 0. The zero-order valence-electron chi connectivity index (χ0n) is 8.85. The van der Waals surface area contributed by atoms with Crippen LogP contribution in [0.3, 0.4) is 0 Å². The topological polar surface area (TPSA) is 49.2 Å². The Kier molecular flexibility index (Phi) is 4.58. The maximum atomic E-state index is 8.83. The van der Waals surface area contributed by atoms with E-state index >= 15 is 0 Å². The highest BCUT2D eigenvalue weighted by molar-refractivity contribution is 5.37. The second-order valence-corrected chi connectivity index (χ2v) is 3.15. The summed E-state index contributed by atoms with van der Waals surface area (Å²) in [7, 11) is 0. The average Bonchev–Trinajstić information content (AvgIpc) is 2.29. The van der Waals surface area contributed by atoms with Crippen molar-refractivity contribution < 1.29 is 5.11 Å². The Morgan fingerprint density at radius 2 is 2.27 bits per heavy atom. The molecule has 1 aromatic heterocycles. The Balaban J connectivity index is 2.77. The lowest BCUT2D eigenvalue weighted by Gasteiger charge is -2.19. The monoisotopic (exact) mass is 205 g/mol. The first-order valence-corrected chi connectivity index (χ1v) is 4.92. The summed E-state index contributed by atoms with van der Waals surface area (Å²) in [6.07, 6.45) is 9.48. The number of hydrogen-bond donors (Lipinski definition) is 1. The maximum Gasteiger partial charge on any atom is 0.147 e. The lowest BCUT2D eigenvalue weighted by Crippen LogP contribution is -2.25. The van der Waals surface area contributed by atoms with Gasteiger partial charge >= 0.3 is 0 Å². The number of aliphatic hydroxyl groups is 1. The molecule has 0 aliphatic heterocycles. The molecule has 0 amide bonds.